The molecule has 1 atom stereocenters. The summed E-state index contributed by atoms with van der Waals surface area (Å²) in [5, 5.41) is 20.3. The third-order valence-electron chi connectivity index (χ3n) is 3.29. The van der Waals surface area contributed by atoms with Crippen molar-refractivity contribution in [2.45, 2.75) is 26.3 Å². The highest BCUT2D eigenvalue weighted by Crippen LogP contribution is 2.18. The van der Waals surface area contributed by atoms with E-state index in [0.717, 1.165) is 5.56 Å². The molecule has 0 saturated heterocycles. The number of rotatable bonds is 7. The normalized spacial score (nSPS) is 12.4. The van der Waals surface area contributed by atoms with Gasteiger partial charge in [0, 0.05) is 25.1 Å². The Balaban J connectivity index is 2.15. The molecule has 2 aromatic rings. The van der Waals surface area contributed by atoms with Crippen molar-refractivity contribution in [3.05, 3.63) is 36.5 Å². The van der Waals surface area contributed by atoms with Gasteiger partial charge in [0.25, 0.3) is 0 Å². The van der Waals surface area contributed by atoms with Gasteiger partial charge in [-0.2, -0.15) is 0 Å². The van der Waals surface area contributed by atoms with Crippen molar-refractivity contribution >= 4 is 5.91 Å². The van der Waals surface area contributed by atoms with Gasteiger partial charge < -0.3 is 10.4 Å². The minimum atomic E-state index is -0.547. The van der Waals surface area contributed by atoms with E-state index in [1.165, 1.54) is 4.68 Å². The van der Waals surface area contributed by atoms with Crippen LogP contribution in [0.3, 0.4) is 0 Å². The minimum absolute atomic E-state index is 0.0830. The van der Waals surface area contributed by atoms with Crippen LogP contribution >= 0.6 is 0 Å². The predicted octanol–water partition coefficient (Wildman–Crippen LogP) is 1.64. The first kappa shape index (κ1) is 16.2. The van der Waals surface area contributed by atoms with Crippen LogP contribution in [0, 0.1) is 5.92 Å². The average Bonchev–Trinajstić information content (AvgIpc) is 3.00. The van der Waals surface area contributed by atoms with Crippen LogP contribution in [0.4, 0.5) is 0 Å². The van der Waals surface area contributed by atoms with Crippen molar-refractivity contribution < 1.29 is 9.90 Å². The Labute approximate surface area is 130 Å². The van der Waals surface area contributed by atoms with Gasteiger partial charge in [-0.15, -0.1) is 5.10 Å². The average molecular weight is 302 g/mol. The highest BCUT2D eigenvalue weighted by Gasteiger charge is 2.21. The summed E-state index contributed by atoms with van der Waals surface area (Å²) in [6.07, 6.45) is 2.05. The number of nitrogens with zero attached hydrogens (tertiary/aromatic N) is 3. The summed E-state index contributed by atoms with van der Waals surface area (Å²) in [5.41, 5.74) is 1.65. The summed E-state index contributed by atoms with van der Waals surface area (Å²) >= 11 is 0. The quantitative estimate of drug-likeness (QED) is 0.815. The highest BCUT2D eigenvalue weighted by atomic mass is 16.3. The molecule has 0 aliphatic heterocycles. The van der Waals surface area contributed by atoms with Gasteiger partial charge >= 0.3 is 0 Å². The molecule has 0 fully saturated rings. The predicted molar refractivity (Wildman–Crippen MR) is 84.0 cm³/mol. The van der Waals surface area contributed by atoms with E-state index in [2.05, 4.69) is 15.6 Å². The highest BCUT2D eigenvalue weighted by molar-refractivity contribution is 5.80. The summed E-state index contributed by atoms with van der Waals surface area (Å²) in [4.78, 5) is 12.3. The second-order valence-corrected chi connectivity index (χ2v) is 5.62. The van der Waals surface area contributed by atoms with Gasteiger partial charge in [0.1, 0.15) is 11.7 Å². The summed E-state index contributed by atoms with van der Waals surface area (Å²) in [6, 6.07) is 9.11. The minimum Gasteiger partial charge on any atom is -0.396 e. The van der Waals surface area contributed by atoms with Gasteiger partial charge in [-0.25, -0.2) is 4.68 Å². The number of amides is 1. The fourth-order valence-electron chi connectivity index (χ4n) is 2.10. The van der Waals surface area contributed by atoms with Gasteiger partial charge in [-0.05, 0) is 5.92 Å². The van der Waals surface area contributed by atoms with Crippen LogP contribution in [-0.2, 0) is 4.79 Å². The van der Waals surface area contributed by atoms with E-state index in [9.17, 15) is 9.90 Å². The second-order valence-electron chi connectivity index (χ2n) is 5.62. The van der Waals surface area contributed by atoms with Crippen molar-refractivity contribution in [2.75, 3.05) is 13.2 Å². The molecule has 0 bridgehead atoms. The Morgan fingerprint density at radius 2 is 2.05 bits per heavy atom. The topological polar surface area (TPSA) is 80.0 Å². The summed E-state index contributed by atoms with van der Waals surface area (Å²) < 4.78 is 1.52. The molecule has 0 aliphatic rings. The fourth-order valence-corrected chi connectivity index (χ4v) is 2.10. The van der Waals surface area contributed by atoms with Gasteiger partial charge in [0.2, 0.25) is 5.91 Å². The molecule has 1 aromatic heterocycles. The standard InChI is InChI=1S/C16H22N4O2/c1-12(2)10-17-16(22)15(8-9-21)20-11-14(18-19-20)13-6-4-3-5-7-13/h3-7,11-12,15,21H,8-10H2,1-2H3,(H,17,22). The molecule has 2 rings (SSSR count). The Morgan fingerprint density at radius 3 is 2.68 bits per heavy atom. The lowest BCUT2D eigenvalue weighted by molar-refractivity contribution is -0.125. The number of nitrogens with one attached hydrogen (secondary N) is 1. The number of hydrogen-bond donors (Lipinski definition) is 2. The molecule has 6 heteroatoms. The largest absolute Gasteiger partial charge is 0.396 e. The van der Waals surface area contributed by atoms with E-state index in [1.807, 2.05) is 44.2 Å². The molecule has 2 N–H and O–H groups in total. The number of aliphatic hydroxyl groups is 1. The number of aliphatic hydroxyl groups excluding tert-OH is 1. The third kappa shape index (κ3) is 4.14. The molecule has 1 aromatic carbocycles. The Kier molecular flexibility index (Phi) is 5.66. The number of hydrogen-bond acceptors (Lipinski definition) is 4. The van der Waals surface area contributed by atoms with E-state index < -0.39 is 6.04 Å². The molecule has 1 unspecified atom stereocenters. The maximum Gasteiger partial charge on any atom is 0.245 e. The van der Waals surface area contributed by atoms with Crippen LogP contribution in [0.5, 0.6) is 0 Å². The first-order valence-corrected chi connectivity index (χ1v) is 7.47. The zero-order chi connectivity index (χ0) is 15.9. The van der Waals surface area contributed by atoms with Gasteiger partial charge in [0.15, 0.2) is 0 Å². The molecule has 22 heavy (non-hydrogen) atoms. The lowest BCUT2D eigenvalue weighted by Gasteiger charge is -2.16. The first-order valence-electron chi connectivity index (χ1n) is 7.47. The Bertz CT molecular complexity index is 595. The molecule has 1 heterocycles. The van der Waals surface area contributed by atoms with Crippen LogP contribution in [0.25, 0.3) is 11.3 Å². The molecule has 0 radical (unpaired) electrons. The van der Waals surface area contributed by atoms with Crippen LogP contribution in [-0.4, -0.2) is 39.2 Å². The van der Waals surface area contributed by atoms with Gasteiger partial charge in [-0.1, -0.05) is 49.4 Å². The molecule has 0 aliphatic carbocycles. The number of benzene rings is 1. The van der Waals surface area contributed by atoms with E-state index in [0.29, 0.717) is 24.6 Å². The van der Waals surface area contributed by atoms with E-state index in [-0.39, 0.29) is 12.5 Å². The van der Waals surface area contributed by atoms with Crippen LogP contribution < -0.4 is 5.32 Å². The van der Waals surface area contributed by atoms with E-state index in [1.54, 1.807) is 6.20 Å². The van der Waals surface area contributed by atoms with Crippen LogP contribution in [0.1, 0.15) is 26.3 Å². The smallest absolute Gasteiger partial charge is 0.245 e. The van der Waals surface area contributed by atoms with Crippen molar-refractivity contribution in [2.24, 2.45) is 5.92 Å². The fraction of sp³-hybridized carbons (Fsp3) is 0.438. The summed E-state index contributed by atoms with van der Waals surface area (Å²) in [5.74, 6) is 0.224. The lowest BCUT2D eigenvalue weighted by atomic mass is 10.1. The second kappa shape index (κ2) is 7.70. The van der Waals surface area contributed by atoms with Crippen LogP contribution in [0.2, 0.25) is 0 Å². The third-order valence-corrected chi connectivity index (χ3v) is 3.29. The van der Waals surface area contributed by atoms with E-state index in [4.69, 9.17) is 0 Å². The summed E-state index contributed by atoms with van der Waals surface area (Å²) in [7, 11) is 0. The molecule has 0 saturated carbocycles. The van der Waals surface area contributed by atoms with E-state index >= 15 is 0 Å². The van der Waals surface area contributed by atoms with Crippen molar-refractivity contribution in [3.63, 3.8) is 0 Å². The molecule has 0 spiro atoms. The zero-order valence-electron chi connectivity index (χ0n) is 12.9. The molecule has 118 valence electrons. The maximum absolute atomic E-state index is 12.3. The van der Waals surface area contributed by atoms with Crippen molar-refractivity contribution in [3.8, 4) is 11.3 Å². The number of aromatic nitrogens is 3. The maximum atomic E-state index is 12.3. The molecule has 6 nitrogen and oxygen atoms in total. The first-order chi connectivity index (χ1) is 10.6. The Hall–Kier alpha value is -2.21. The van der Waals surface area contributed by atoms with Crippen molar-refractivity contribution in [1.82, 2.24) is 20.3 Å². The molecular formula is C16H22N4O2. The van der Waals surface area contributed by atoms with Gasteiger partial charge in [0.05, 0.1) is 6.20 Å². The van der Waals surface area contributed by atoms with Crippen LogP contribution in [0.15, 0.2) is 36.5 Å². The lowest BCUT2D eigenvalue weighted by Crippen LogP contribution is -2.35. The molecule has 1 amide bonds. The summed E-state index contributed by atoms with van der Waals surface area (Å²) in [6.45, 7) is 4.58. The number of carbonyl (C=O) groups is 1. The monoisotopic (exact) mass is 302 g/mol. The molecular weight excluding hydrogens is 280 g/mol. The van der Waals surface area contributed by atoms with Crippen molar-refractivity contribution in [1.29, 1.82) is 0 Å². The Morgan fingerprint density at radius 1 is 1.32 bits per heavy atom. The SMILES string of the molecule is CC(C)CNC(=O)C(CCO)n1cc(-c2ccccc2)nn1. The zero-order valence-corrected chi connectivity index (χ0v) is 12.9. The number of carbonyl (C=O) groups excluding carboxylic acids is 1. The van der Waals surface area contributed by atoms with Gasteiger partial charge in [-0.3, -0.25) is 4.79 Å².